The normalized spacial score (nSPS) is 17.9. The van der Waals surface area contributed by atoms with Crippen molar-refractivity contribution in [2.45, 2.75) is 13.0 Å². The fourth-order valence-electron chi connectivity index (χ4n) is 2.73. The van der Waals surface area contributed by atoms with Crippen molar-refractivity contribution in [3.8, 4) is 11.5 Å². The summed E-state index contributed by atoms with van der Waals surface area (Å²) in [6.45, 7) is 0.361. The van der Waals surface area contributed by atoms with E-state index in [0.29, 0.717) is 30.2 Å². The van der Waals surface area contributed by atoms with Gasteiger partial charge in [0, 0.05) is 18.0 Å². The minimum atomic E-state index is -0.313. The summed E-state index contributed by atoms with van der Waals surface area (Å²) < 4.78 is 10.4. The zero-order chi connectivity index (χ0) is 18.5. The Kier molecular flexibility index (Phi) is 5.36. The monoisotopic (exact) mass is 355 g/mol. The number of rotatable bonds is 7. The van der Waals surface area contributed by atoms with Crippen LogP contribution in [-0.4, -0.2) is 31.0 Å². The number of nitrogens with zero attached hydrogens (tertiary/aromatic N) is 1. The second-order valence-electron chi connectivity index (χ2n) is 6.05. The maximum atomic E-state index is 12.3. The maximum absolute atomic E-state index is 12.3. The number of aromatic nitrogens is 1. The summed E-state index contributed by atoms with van der Waals surface area (Å²) in [5.41, 5.74) is 1.39. The topological polar surface area (TPSA) is 89.5 Å². The molecule has 1 fully saturated rings. The average Bonchev–Trinajstić information content (AvgIpc) is 3.48. The fourth-order valence-corrected chi connectivity index (χ4v) is 2.73. The third-order valence-corrected chi connectivity index (χ3v) is 4.28. The van der Waals surface area contributed by atoms with E-state index in [1.807, 2.05) is 18.2 Å². The zero-order valence-electron chi connectivity index (χ0n) is 14.7. The molecule has 0 saturated heterocycles. The minimum absolute atomic E-state index is 0.122. The molecule has 1 heterocycles. The lowest BCUT2D eigenvalue weighted by atomic mass is 10.2. The first-order valence-corrected chi connectivity index (χ1v) is 8.33. The number of carbonyl (C=O) groups excluding carboxylic acids is 2. The highest BCUT2D eigenvalue weighted by Gasteiger charge is 2.47. The number of pyridine rings is 1. The van der Waals surface area contributed by atoms with E-state index >= 15 is 0 Å². The Morgan fingerprint density at radius 2 is 1.85 bits per heavy atom. The smallest absolute Gasteiger partial charge is 0.228 e. The van der Waals surface area contributed by atoms with Crippen molar-refractivity contribution in [1.82, 2.24) is 10.3 Å². The van der Waals surface area contributed by atoms with Crippen LogP contribution in [0.1, 0.15) is 12.1 Å². The number of amides is 2. The van der Waals surface area contributed by atoms with Crippen LogP contribution in [0.5, 0.6) is 11.5 Å². The van der Waals surface area contributed by atoms with Crippen molar-refractivity contribution < 1.29 is 19.1 Å². The Morgan fingerprint density at radius 3 is 2.54 bits per heavy atom. The number of benzene rings is 1. The third kappa shape index (κ3) is 4.11. The van der Waals surface area contributed by atoms with Gasteiger partial charge in [-0.15, -0.1) is 0 Å². The van der Waals surface area contributed by atoms with E-state index in [0.717, 1.165) is 5.69 Å². The van der Waals surface area contributed by atoms with Gasteiger partial charge in [-0.25, -0.2) is 0 Å². The Balaban J connectivity index is 1.51. The first kappa shape index (κ1) is 17.7. The van der Waals surface area contributed by atoms with E-state index < -0.39 is 0 Å². The number of hydrogen-bond acceptors (Lipinski definition) is 5. The number of ether oxygens (including phenoxy) is 2. The van der Waals surface area contributed by atoms with Crippen molar-refractivity contribution >= 4 is 17.5 Å². The molecule has 1 aliphatic rings. The lowest BCUT2D eigenvalue weighted by Crippen LogP contribution is -2.27. The van der Waals surface area contributed by atoms with Crippen molar-refractivity contribution in [1.29, 1.82) is 0 Å². The molecule has 3 rings (SSSR count). The molecule has 2 unspecified atom stereocenters. The molecule has 7 heteroatoms. The third-order valence-electron chi connectivity index (χ3n) is 4.28. The van der Waals surface area contributed by atoms with Gasteiger partial charge in [0.05, 0.1) is 38.3 Å². The molecule has 1 aromatic heterocycles. The van der Waals surface area contributed by atoms with Crippen LogP contribution in [0.2, 0.25) is 0 Å². The molecule has 0 spiro atoms. The standard InChI is InChI=1S/C19H21N3O4/c1-25-16-7-6-12(9-17(16)26-2)22-19(24)15-10-14(15)18(23)21-11-13-5-3-4-8-20-13/h3-9,14-15H,10-11H2,1-2H3,(H,21,23)(H,22,24). The molecule has 2 atom stereocenters. The van der Waals surface area contributed by atoms with Gasteiger partial charge in [-0.2, -0.15) is 0 Å². The van der Waals surface area contributed by atoms with E-state index in [1.54, 1.807) is 31.5 Å². The van der Waals surface area contributed by atoms with Gasteiger partial charge in [-0.3, -0.25) is 14.6 Å². The van der Waals surface area contributed by atoms with E-state index in [-0.39, 0.29) is 23.7 Å². The summed E-state index contributed by atoms with van der Waals surface area (Å²) in [7, 11) is 3.08. The van der Waals surface area contributed by atoms with Crippen LogP contribution >= 0.6 is 0 Å². The highest BCUT2D eigenvalue weighted by atomic mass is 16.5. The molecule has 7 nitrogen and oxygen atoms in total. The molecule has 136 valence electrons. The summed E-state index contributed by atoms with van der Waals surface area (Å²) in [6.07, 6.45) is 2.23. The van der Waals surface area contributed by atoms with E-state index in [9.17, 15) is 9.59 Å². The molecule has 0 radical (unpaired) electrons. The Morgan fingerprint density at radius 1 is 1.08 bits per heavy atom. The maximum Gasteiger partial charge on any atom is 0.228 e. The molecule has 2 aromatic rings. The first-order chi connectivity index (χ1) is 12.6. The molecule has 0 aliphatic heterocycles. The lowest BCUT2D eigenvalue weighted by Gasteiger charge is -2.10. The summed E-state index contributed by atoms with van der Waals surface area (Å²) in [5, 5.41) is 5.65. The van der Waals surface area contributed by atoms with E-state index in [4.69, 9.17) is 9.47 Å². The largest absolute Gasteiger partial charge is 0.493 e. The van der Waals surface area contributed by atoms with Crippen LogP contribution in [0, 0.1) is 11.8 Å². The fraction of sp³-hybridized carbons (Fsp3) is 0.316. The van der Waals surface area contributed by atoms with Gasteiger partial charge in [0.25, 0.3) is 0 Å². The number of hydrogen-bond donors (Lipinski definition) is 2. The van der Waals surface area contributed by atoms with Crippen LogP contribution in [-0.2, 0) is 16.1 Å². The van der Waals surface area contributed by atoms with Gasteiger partial charge in [0.15, 0.2) is 11.5 Å². The van der Waals surface area contributed by atoms with Crippen molar-refractivity contribution in [2.24, 2.45) is 11.8 Å². The van der Waals surface area contributed by atoms with Gasteiger partial charge >= 0.3 is 0 Å². The SMILES string of the molecule is COc1ccc(NC(=O)C2CC2C(=O)NCc2ccccn2)cc1OC. The van der Waals surface area contributed by atoms with Gasteiger partial charge in [-0.05, 0) is 30.7 Å². The summed E-state index contributed by atoms with van der Waals surface area (Å²) in [5.74, 6) is 0.221. The van der Waals surface area contributed by atoms with Crippen molar-refractivity contribution in [2.75, 3.05) is 19.5 Å². The Labute approximate surface area is 151 Å². The molecule has 1 aliphatic carbocycles. The lowest BCUT2D eigenvalue weighted by molar-refractivity contribution is -0.125. The van der Waals surface area contributed by atoms with Crippen LogP contribution in [0.3, 0.4) is 0 Å². The quantitative estimate of drug-likeness (QED) is 0.793. The molecule has 2 amide bonds. The molecular weight excluding hydrogens is 334 g/mol. The van der Waals surface area contributed by atoms with Crippen LogP contribution in [0.15, 0.2) is 42.6 Å². The second kappa shape index (κ2) is 7.86. The Hall–Kier alpha value is -3.09. The van der Waals surface area contributed by atoms with Crippen LogP contribution in [0.4, 0.5) is 5.69 Å². The van der Waals surface area contributed by atoms with Crippen molar-refractivity contribution in [3.63, 3.8) is 0 Å². The van der Waals surface area contributed by atoms with Gasteiger partial charge in [-0.1, -0.05) is 6.07 Å². The number of nitrogens with one attached hydrogen (secondary N) is 2. The van der Waals surface area contributed by atoms with Gasteiger partial charge in [0.2, 0.25) is 11.8 Å². The Bertz CT molecular complexity index is 795. The van der Waals surface area contributed by atoms with Crippen LogP contribution in [0.25, 0.3) is 0 Å². The summed E-state index contributed by atoms with van der Waals surface area (Å²) in [6, 6.07) is 10.7. The number of carbonyl (C=O) groups is 2. The summed E-state index contributed by atoms with van der Waals surface area (Å²) >= 11 is 0. The van der Waals surface area contributed by atoms with Gasteiger partial charge < -0.3 is 20.1 Å². The van der Waals surface area contributed by atoms with Crippen molar-refractivity contribution in [3.05, 3.63) is 48.3 Å². The highest BCUT2D eigenvalue weighted by molar-refractivity contribution is 5.99. The summed E-state index contributed by atoms with van der Waals surface area (Å²) in [4.78, 5) is 28.7. The molecule has 2 N–H and O–H groups in total. The number of methoxy groups -OCH3 is 2. The zero-order valence-corrected chi connectivity index (χ0v) is 14.7. The molecule has 0 bridgehead atoms. The van der Waals surface area contributed by atoms with Gasteiger partial charge in [0.1, 0.15) is 0 Å². The minimum Gasteiger partial charge on any atom is -0.493 e. The first-order valence-electron chi connectivity index (χ1n) is 8.33. The highest BCUT2D eigenvalue weighted by Crippen LogP contribution is 2.40. The predicted molar refractivity (Wildman–Crippen MR) is 95.9 cm³/mol. The average molecular weight is 355 g/mol. The molecule has 26 heavy (non-hydrogen) atoms. The van der Waals surface area contributed by atoms with Crippen LogP contribution < -0.4 is 20.1 Å². The van der Waals surface area contributed by atoms with E-state index in [2.05, 4.69) is 15.6 Å². The predicted octanol–water partition coefficient (Wildman–Crippen LogP) is 1.99. The number of anilines is 1. The second-order valence-corrected chi connectivity index (χ2v) is 6.05. The molecule has 1 aromatic carbocycles. The molecular formula is C19H21N3O4. The molecule has 1 saturated carbocycles. The van der Waals surface area contributed by atoms with E-state index in [1.165, 1.54) is 7.11 Å².